The zero-order chi connectivity index (χ0) is 17.9. The van der Waals surface area contributed by atoms with E-state index in [1.165, 1.54) is 18.2 Å². The number of likely N-dealkylation sites (tertiary alicyclic amines) is 1. The number of hydrogen-bond acceptors (Lipinski definition) is 3. The van der Waals surface area contributed by atoms with Crippen molar-refractivity contribution < 1.29 is 19.1 Å². The Morgan fingerprint density at radius 2 is 2.00 bits per heavy atom. The fraction of sp³-hybridized carbons (Fsp3) is 0.556. The van der Waals surface area contributed by atoms with Crippen molar-refractivity contribution in [2.75, 3.05) is 13.1 Å². The van der Waals surface area contributed by atoms with Crippen LogP contribution in [0.5, 0.6) is 0 Å². The smallest absolute Gasteiger partial charge is 0.254 e. The third-order valence-electron chi connectivity index (χ3n) is 4.57. The van der Waals surface area contributed by atoms with E-state index in [4.69, 9.17) is 0 Å². The lowest BCUT2D eigenvalue weighted by molar-refractivity contribution is -0.138. The number of nitrogens with zero attached hydrogens (tertiary/aromatic N) is 1. The maximum Gasteiger partial charge on any atom is 0.254 e. The number of hydrogen-bond donors (Lipinski definition) is 2. The number of piperidine rings is 1. The zero-order valence-electron chi connectivity index (χ0n) is 14.3. The minimum Gasteiger partial charge on any atom is -0.391 e. The molecule has 132 valence electrons. The van der Waals surface area contributed by atoms with Gasteiger partial charge in [-0.25, -0.2) is 4.39 Å². The molecule has 3 unspecified atom stereocenters. The van der Waals surface area contributed by atoms with Crippen LogP contribution in [0.25, 0.3) is 0 Å². The van der Waals surface area contributed by atoms with Crippen molar-refractivity contribution in [3.05, 3.63) is 35.6 Å². The first kappa shape index (κ1) is 18.4. The molecule has 0 bridgehead atoms. The van der Waals surface area contributed by atoms with Crippen LogP contribution < -0.4 is 5.32 Å². The van der Waals surface area contributed by atoms with E-state index in [1.807, 2.05) is 20.8 Å². The van der Waals surface area contributed by atoms with Crippen LogP contribution in [0.4, 0.5) is 4.39 Å². The Morgan fingerprint density at radius 3 is 2.58 bits per heavy atom. The molecule has 1 aliphatic rings. The Kier molecular flexibility index (Phi) is 5.94. The molecular formula is C18H25FN2O3. The quantitative estimate of drug-likeness (QED) is 0.881. The van der Waals surface area contributed by atoms with Gasteiger partial charge in [-0.2, -0.15) is 0 Å². The highest BCUT2D eigenvalue weighted by molar-refractivity contribution is 5.97. The first-order valence-corrected chi connectivity index (χ1v) is 8.33. The van der Waals surface area contributed by atoms with Gasteiger partial charge in [0.05, 0.1) is 11.7 Å². The highest BCUT2D eigenvalue weighted by Crippen LogP contribution is 2.19. The molecular weight excluding hydrogens is 311 g/mol. The van der Waals surface area contributed by atoms with Crippen LogP contribution in [0.3, 0.4) is 0 Å². The highest BCUT2D eigenvalue weighted by Gasteiger charge is 2.33. The predicted octanol–water partition coefficient (Wildman–Crippen LogP) is 1.81. The summed E-state index contributed by atoms with van der Waals surface area (Å²) in [6.07, 6.45) is 0.164. The molecule has 24 heavy (non-hydrogen) atoms. The van der Waals surface area contributed by atoms with Gasteiger partial charge in [-0.1, -0.05) is 32.9 Å². The van der Waals surface area contributed by atoms with Crippen LogP contribution in [0, 0.1) is 17.7 Å². The Morgan fingerprint density at radius 1 is 1.33 bits per heavy atom. The van der Waals surface area contributed by atoms with Crippen molar-refractivity contribution in [1.82, 2.24) is 10.2 Å². The van der Waals surface area contributed by atoms with Crippen molar-refractivity contribution in [1.29, 1.82) is 0 Å². The van der Waals surface area contributed by atoms with Gasteiger partial charge in [-0.15, -0.1) is 0 Å². The summed E-state index contributed by atoms with van der Waals surface area (Å²) in [5.41, 5.74) is -0.0803. The first-order valence-electron chi connectivity index (χ1n) is 8.33. The minimum atomic E-state index is -0.752. The molecule has 0 radical (unpaired) electrons. The normalized spacial score (nSPS) is 22.3. The second-order valence-electron chi connectivity index (χ2n) is 6.79. The summed E-state index contributed by atoms with van der Waals surface area (Å²) in [5.74, 6) is -1.46. The third kappa shape index (κ3) is 4.12. The Hall–Kier alpha value is -1.95. The summed E-state index contributed by atoms with van der Waals surface area (Å²) in [6.45, 7) is 6.42. The van der Waals surface area contributed by atoms with E-state index >= 15 is 0 Å². The molecule has 2 rings (SSSR count). The number of aliphatic hydroxyl groups is 1. The van der Waals surface area contributed by atoms with E-state index in [9.17, 15) is 19.1 Å². The van der Waals surface area contributed by atoms with E-state index in [1.54, 1.807) is 11.0 Å². The molecule has 1 saturated heterocycles. The van der Waals surface area contributed by atoms with E-state index in [-0.39, 0.29) is 29.9 Å². The van der Waals surface area contributed by atoms with Crippen molar-refractivity contribution in [3.63, 3.8) is 0 Å². The largest absolute Gasteiger partial charge is 0.391 e. The number of amides is 2. The highest BCUT2D eigenvalue weighted by atomic mass is 19.1. The average Bonchev–Trinajstić information content (AvgIpc) is 2.54. The van der Waals surface area contributed by atoms with Crippen molar-refractivity contribution in [2.45, 2.75) is 39.3 Å². The molecule has 1 aliphatic heterocycles. The average molecular weight is 336 g/mol. The molecule has 1 fully saturated rings. The predicted molar refractivity (Wildman–Crippen MR) is 88.9 cm³/mol. The van der Waals surface area contributed by atoms with Crippen molar-refractivity contribution in [2.24, 2.45) is 11.8 Å². The molecule has 1 heterocycles. The first-order chi connectivity index (χ1) is 11.3. The van der Waals surface area contributed by atoms with Crippen LogP contribution in [0.1, 0.15) is 37.6 Å². The van der Waals surface area contributed by atoms with Gasteiger partial charge in [0.2, 0.25) is 5.91 Å². The lowest BCUT2D eigenvalue weighted by Crippen LogP contribution is -2.55. The maximum atomic E-state index is 13.8. The van der Waals surface area contributed by atoms with E-state index in [0.29, 0.717) is 6.54 Å². The summed E-state index contributed by atoms with van der Waals surface area (Å²) in [5, 5.41) is 12.6. The topological polar surface area (TPSA) is 69.6 Å². The fourth-order valence-electron chi connectivity index (χ4n) is 2.82. The number of rotatable bonds is 4. The number of benzene rings is 1. The Labute approximate surface area is 141 Å². The standard InChI is InChI=1S/C18H25FN2O3/c1-11(2)16(18(24)21-9-8-12(3)15(22)10-21)20-17(23)13-6-4-5-7-14(13)19/h4-7,11-12,15-16,22H,8-10H2,1-3H3,(H,20,23). The third-order valence-corrected chi connectivity index (χ3v) is 4.57. The van der Waals surface area contributed by atoms with Gasteiger partial charge in [0, 0.05) is 13.1 Å². The molecule has 3 atom stereocenters. The Balaban J connectivity index is 2.10. The number of halogens is 1. The van der Waals surface area contributed by atoms with Crippen LogP contribution in [-0.4, -0.2) is 47.1 Å². The zero-order valence-corrected chi connectivity index (χ0v) is 14.3. The lowest BCUT2D eigenvalue weighted by atomic mass is 9.94. The van der Waals surface area contributed by atoms with Crippen molar-refractivity contribution >= 4 is 11.8 Å². The van der Waals surface area contributed by atoms with E-state index < -0.39 is 23.9 Å². The summed E-state index contributed by atoms with van der Waals surface area (Å²) in [6, 6.07) is 4.93. The molecule has 0 saturated carbocycles. The molecule has 1 aromatic carbocycles. The van der Waals surface area contributed by atoms with Gasteiger partial charge in [-0.05, 0) is 30.4 Å². The van der Waals surface area contributed by atoms with Crippen LogP contribution in [-0.2, 0) is 4.79 Å². The molecule has 6 heteroatoms. The summed E-state index contributed by atoms with van der Waals surface area (Å²) in [4.78, 5) is 26.6. The number of carbonyl (C=O) groups excluding carboxylic acids is 2. The van der Waals surface area contributed by atoms with Crippen LogP contribution >= 0.6 is 0 Å². The summed E-state index contributed by atoms with van der Waals surface area (Å²) >= 11 is 0. The second kappa shape index (κ2) is 7.75. The molecule has 0 spiro atoms. The van der Waals surface area contributed by atoms with Gasteiger partial charge >= 0.3 is 0 Å². The number of β-amino-alcohol motifs (C(OH)–C–C–N with tert-alkyl or cyclic N) is 1. The number of carbonyl (C=O) groups is 2. The Bertz CT molecular complexity index is 606. The summed E-state index contributed by atoms with van der Waals surface area (Å²) < 4.78 is 13.8. The summed E-state index contributed by atoms with van der Waals surface area (Å²) in [7, 11) is 0. The van der Waals surface area contributed by atoms with Crippen LogP contribution in [0.2, 0.25) is 0 Å². The number of nitrogens with one attached hydrogen (secondary N) is 1. The maximum absolute atomic E-state index is 13.8. The molecule has 0 aromatic heterocycles. The van der Waals surface area contributed by atoms with Gasteiger partial charge in [0.15, 0.2) is 0 Å². The SMILES string of the molecule is CC(C)C(NC(=O)c1ccccc1F)C(=O)N1CCC(C)C(O)C1. The molecule has 0 aliphatic carbocycles. The lowest BCUT2D eigenvalue weighted by Gasteiger charge is -2.37. The minimum absolute atomic E-state index is 0.0803. The molecule has 5 nitrogen and oxygen atoms in total. The van der Waals surface area contributed by atoms with Gasteiger partial charge in [0.1, 0.15) is 11.9 Å². The fourth-order valence-corrected chi connectivity index (χ4v) is 2.82. The van der Waals surface area contributed by atoms with Gasteiger partial charge < -0.3 is 15.3 Å². The second-order valence-corrected chi connectivity index (χ2v) is 6.79. The van der Waals surface area contributed by atoms with Gasteiger partial charge in [-0.3, -0.25) is 9.59 Å². The van der Waals surface area contributed by atoms with Crippen LogP contribution in [0.15, 0.2) is 24.3 Å². The molecule has 2 amide bonds. The monoisotopic (exact) mass is 336 g/mol. The van der Waals surface area contributed by atoms with E-state index in [2.05, 4.69) is 5.32 Å². The van der Waals surface area contributed by atoms with Crippen molar-refractivity contribution in [3.8, 4) is 0 Å². The van der Waals surface area contributed by atoms with E-state index in [0.717, 1.165) is 6.42 Å². The van der Waals surface area contributed by atoms with Gasteiger partial charge in [0.25, 0.3) is 5.91 Å². The number of aliphatic hydroxyl groups excluding tert-OH is 1. The molecule has 1 aromatic rings. The molecule has 2 N–H and O–H groups in total.